The normalized spacial score (nSPS) is 16.5. The lowest BCUT2D eigenvalue weighted by Crippen LogP contribution is -2.45. The van der Waals surface area contributed by atoms with Crippen LogP contribution < -0.4 is 5.32 Å². The van der Waals surface area contributed by atoms with Crippen LogP contribution in [0.2, 0.25) is 0 Å². The van der Waals surface area contributed by atoms with E-state index < -0.39 is 0 Å². The fourth-order valence-corrected chi connectivity index (χ4v) is 3.06. The number of phenols is 1. The van der Waals surface area contributed by atoms with Crippen LogP contribution in [0.25, 0.3) is 0 Å². The molecule has 0 aromatic heterocycles. The molecule has 120 valence electrons. The Hall–Kier alpha value is -0.260. The second-order valence-corrected chi connectivity index (χ2v) is 6.02. The number of halogens is 3. The summed E-state index contributed by atoms with van der Waals surface area (Å²) in [5, 5.41) is 13.1. The van der Waals surface area contributed by atoms with E-state index >= 15 is 0 Å². The summed E-state index contributed by atoms with van der Waals surface area (Å²) in [6.07, 6.45) is 0.919. The van der Waals surface area contributed by atoms with Gasteiger partial charge in [0.2, 0.25) is 0 Å². The third kappa shape index (κ3) is 5.80. The number of nitrogens with one attached hydrogen (secondary N) is 1. The van der Waals surface area contributed by atoms with Crippen LogP contribution in [0.15, 0.2) is 34.8 Å². The molecule has 2 N–H and O–H groups in total. The Balaban J connectivity index is 0.00000200. The highest BCUT2D eigenvalue weighted by molar-refractivity contribution is 9.10. The minimum absolute atomic E-state index is 0. The molecule has 1 aliphatic heterocycles. The molecule has 3 nitrogen and oxygen atoms in total. The highest BCUT2D eigenvalue weighted by Gasteiger charge is 2.24. The number of benzene rings is 1. The Kier molecular flexibility index (Phi) is 9.58. The van der Waals surface area contributed by atoms with Crippen molar-refractivity contribution < 1.29 is 5.11 Å². The van der Waals surface area contributed by atoms with Crippen molar-refractivity contribution in [2.45, 2.75) is 19.4 Å². The third-order valence-corrected chi connectivity index (χ3v) is 4.19. The van der Waals surface area contributed by atoms with Crippen molar-refractivity contribution in [2.24, 2.45) is 0 Å². The minimum atomic E-state index is 0. The highest BCUT2D eigenvalue weighted by atomic mass is 79.9. The number of rotatable bonds is 4. The van der Waals surface area contributed by atoms with Gasteiger partial charge in [-0.25, -0.2) is 0 Å². The summed E-state index contributed by atoms with van der Waals surface area (Å²) in [7, 11) is 0. The van der Waals surface area contributed by atoms with Crippen molar-refractivity contribution in [1.29, 1.82) is 0 Å². The number of phenolic OH excluding ortho intramolecular Hbond substituents is 1. The molecule has 1 atom stereocenters. The van der Waals surface area contributed by atoms with Gasteiger partial charge >= 0.3 is 0 Å². The molecule has 1 fully saturated rings. The smallest absolute Gasteiger partial charge is 0.115 e. The maximum atomic E-state index is 9.74. The van der Waals surface area contributed by atoms with E-state index in [1.54, 1.807) is 6.07 Å². The van der Waals surface area contributed by atoms with E-state index in [9.17, 15) is 5.11 Å². The molecule has 0 unspecified atom stereocenters. The second kappa shape index (κ2) is 9.70. The Bertz CT molecular complexity index is 465. The molecule has 1 aromatic rings. The Morgan fingerprint density at radius 2 is 2.00 bits per heavy atom. The van der Waals surface area contributed by atoms with Gasteiger partial charge < -0.3 is 10.4 Å². The molecular formula is C15H23BrCl2N2O. The molecule has 2 rings (SSSR count). The average Bonchev–Trinajstić information content (AvgIpc) is 2.40. The summed E-state index contributed by atoms with van der Waals surface area (Å²) >= 11 is 3.60. The van der Waals surface area contributed by atoms with Gasteiger partial charge in [0.15, 0.2) is 0 Å². The first kappa shape index (κ1) is 20.7. The molecule has 1 heterocycles. The van der Waals surface area contributed by atoms with Crippen LogP contribution in [0.4, 0.5) is 0 Å². The molecule has 0 aliphatic carbocycles. The van der Waals surface area contributed by atoms with Crippen LogP contribution in [-0.4, -0.2) is 36.2 Å². The summed E-state index contributed by atoms with van der Waals surface area (Å²) in [5.41, 5.74) is 2.31. The quantitative estimate of drug-likeness (QED) is 0.756. The van der Waals surface area contributed by atoms with Crippen molar-refractivity contribution in [3.8, 4) is 5.75 Å². The lowest BCUT2D eigenvalue weighted by Gasteiger charge is -2.36. The van der Waals surface area contributed by atoms with Crippen LogP contribution in [0.3, 0.4) is 0 Å². The SMILES string of the molecule is C=C(C)C[C@@H](c1cc(O)ccc1Br)N1CCNCC1.Cl.Cl. The van der Waals surface area contributed by atoms with Crippen LogP contribution in [0, 0.1) is 0 Å². The average molecular weight is 398 g/mol. The highest BCUT2D eigenvalue weighted by Crippen LogP contribution is 2.34. The van der Waals surface area contributed by atoms with E-state index in [1.165, 1.54) is 5.57 Å². The molecule has 0 saturated carbocycles. The molecule has 0 spiro atoms. The van der Waals surface area contributed by atoms with Gasteiger partial charge in [-0.15, -0.1) is 31.4 Å². The monoisotopic (exact) mass is 396 g/mol. The first-order valence-electron chi connectivity index (χ1n) is 6.65. The topological polar surface area (TPSA) is 35.5 Å². The summed E-state index contributed by atoms with van der Waals surface area (Å²) in [6, 6.07) is 5.77. The second-order valence-electron chi connectivity index (χ2n) is 5.17. The molecule has 1 saturated heterocycles. The molecule has 0 bridgehead atoms. The number of aromatic hydroxyl groups is 1. The van der Waals surface area contributed by atoms with E-state index in [0.717, 1.165) is 42.6 Å². The summed E-state index contributed by atoms with van der Waals surface area (Å²) in [5.74, 6) is 0.319. The maximum Gasteiger partial charge on any atom is 0.115 e. The van der Waals surface area contributed by atoms with Crippen LogP contribution in [0.5, 0.6) is 5.75 Å². The van der Waals surface area contributed by atoms with Crippen molar-refractivity contribution >= 4 is 40.7 Å². The fourth-order valence-electron chi connectivity index (χ4n) is 2.55. The minimum Gasteiger partial charge on any atom is -0.508 e. The Labute approximate surface area is 147 Å². The summed E-state index contributed by atoms with van der Waals surface area (Å²) < 4.78 is 1.05. The summed E-state index contributed by atoms with van der Waals surface area (Å²) in [6.45, 7) is 10.2. The van der Waals surface area contributed by atoms with Gasteiger partial charge in [-0.3, -0.25) is 4.90 Å². The van der Waals surface area contributed by atoms with E-state index in [2.05, 4.69) is 39.6 Å². The van der Waals surface area contributed by atoms with Gasteiger partial charge in [-0.05, 0) is 37.1 Å². The Morgan fingerprint density at radius 3 is 2.57 bits per heavy atom. The number of hydrogen-bond acceptors (Lipinski definition) is 3. The summed E-state index contributed by atoms with van der Waals surface area (Å²) in [4.78, 5) is 2.46. The lowest BCUT2D eigenvalue weighted by molar-refractivity contribution is 0.171. The van der Waals surface area contributed by atoms with Crippen LogP contribution in [-0.2, 0) is 0 Å². The van der Waals surface area contributed by atoms with Gasteiger partial charge in [0, 0.05) is 36.7 Å². The molecule has 1 aliphatic rings. The van der Waals surface area contributed by atoms with Crippen molar-refractivity contribution in [1.82, 2.24) is 10.2 Å². The van der Waals surface area contributed by atoms with E-state index in [1.807, 2.05) is 12.1 Å². The van der Waals surface area contributed by atoms with Crippen LogP contribution in [0.1, 0.15) is 24.9 Å². The third-order valence-electron chi connectivity index (χ3n) is 3.47. The first-order chi connectivity index (χ1) is 9.08. The zero-order valence-corrected chi connectivity index (χ0v) is 15.4. The number of nitrogens with zero attached hydrogens (tertiary/aromatic N) is 1. The zero-order valence-electron chi connectivity index (χ0n) is 12.1. The van der Waals surface area contributed by atoms with E-state index in [0.29, 0.717) is 5.75 Å². The van der Waals surface area contributed by atoms with E-state index in [4.69, 9.17) is 0 Å². The van der Waals surface area contributed by atoms with Crippen molar-refractivity contribution in [3.05, 3.63) is 40.4 Å². The molecule has 0 amide bonds. The van der Waals surface area contributed by atoms with Gasteiger partial charge in [0.1, 0.15) is 5.75 Å². The van der Waals surface area contributed by atoms with Crippen molar-refractivity contribution in [3.63, 3.8) is 0 Å². The first-order valence-corrected chi connectivity index (χ1v) is 7.45. The Morgan fingerprint density at radius 1 is 1.38 bits per heavy atom. The van der Waals surface area contributed by atoms with E-state index in [-0.39, 0.29) is 30.9 Å². The molecular weight excluding hydrogens is 375 g/mol. The number of hydrogen-bond donors (Lipinski definition) is 2. The van der Waals surface area contributed by atoms with Crippen molar-refractivity contribution in [2.75, 3.05) is 26.2 Å². The molecule has 6 heteroatoms. The lowest BCUT2D eigenvalue weighted by atomic mass is 9.97. The van der Waals surface area contributed by atoms with Gasteiger partial charge in [0.25, 0.3) is 0 Å². The van der Waals surface area contributed by atoms with Gasteiger partial charge in [-0.1, -0.05) is 21.5 Å². The fraction of sp³-hybridized carbons (Fsp3) is 0.467. The molecule has 0 radical (unpaired) electrons. The number of piperazine rings is 1. The standard InChI is InChI=1S/C15H21BrN2O.2ClH/c1-11(2)9-15(18-7-5-17-6-8-18)13-10-12(19)3-4-14(13)16;;/h3-4,10,15,17,19H,1,5-9H2,2H3;2*1H/t15-;;/m0../s1. The molecule has 21 heavy (non-hydrogen) atoms. The zero-order chi connectivity index (χ0) is 13.8. The van der Waals surface area contributed by atoms with Gasteiger partial charge in [-0.2, -0.15) is 0 Å². The maximum absolute atomic E-state index is 9.74. The molecule has 1 aromatic carbocycles. The largest absolute Gasteiger partial charge is 0.508 e. The predicted molar refractivity (Wildman–Crippen MR) is 96.9 cm³/mol. The van der Waals surface area contributed by atoms with Crippen LogP contribution >= 0.6 is 40.7 Å². The predicted octanol–water partition coefficient (Wildman–Crippen LogP) is 3.91. The van der Waals surface area contributed by atoms with Gasteiger partial charge in [0.05, 0.1) is 0 Å².